The summed E-state index contributed by atoms with van der Waals surface area (Å²) in [6, 6.07) is 7.05. The van der Waals surface area contributed by atoms with Crippen LogP contribution in [0.25, 0.3) is 11.1 Å². The summed E-state index contributed by atoms with van der Waals surface area (Å²) in [6.07, 6.45) is 1.69. The molecule has 0 saturated heterocycles. The Morgan fingerprint density at radius 2 is 2.15 bits per heavy atom. The Hall–Kier alpha value is -1.60. The van der Waals surface area contributed by atoms with Crippen molar-refractivity contribution in [3.63, 3.8) is 0 Å². The molecule has 0 radical (unpaired) electrons. The van der Waals surface area contributed by atoms with Gasteiger partial charge in [0.05, 0.1) is 10.2 Å². The molecule has 2 aromatic heterocycles. The number of fused-ring (bicyclic) bond motifs is 1. The first-order valence-electron chi connectivity index (χ1n) is 5.74. The number of benzene rings is 1. The maximum atomic E-state index is 12.0. The molecule has 7 heteroatoms. The van der Waals surface area contributed by atoms with Crippen LogP contribution in [0.5, 0.6) is 0 Å². The molecule has 102 valence electrons. The molecular formula is C13H9Br2N3O2. The van der Waals surface area contributed by atoms with Crippen LogP contribution in [0.1, 0.15) is 5.89 Å². The number of nitrogen functional groups attached to an aromatic ring is 1. The molecule has 0 aliphatic carbocycles. The molecule has 0 fully saturated rings. The second-order valence-corrected chi connectivity index (χ2v) is 6.01. The van der Waals surface area contributed by atoms with Crippen molar-refractivity contribution in [2.75, 3.05) is 5.73 Å². The van der Waals surface area contributed by atoms with Crippen molar-refractivity contribution in [1.82, 2.24) is 9.55 Å². The summed E-state index contributed by atoms with van der Waals surface area (Å²) >= 11 is 6.57. The number of aromatic nitrogens is 2. The lowest BCUT2D eigenvalue weighted by atomic mass is 10.3. The van der Waals surface area contributed by atoms with Crippen molar-refractivity contribution in [2.45, 2.75) is 6.54 Å². The van der Waals surface area contributed by atoms with E-state index in [1.807, 2.05) is 0 Å². The van der Waals surface area contributed by atoms with E-state index in [1.165, 1.54) is 4.57 Å². The minimum absolute atomic E-state index is 0.150. The Bertz CT molecular complexity index is 854. The highest BCUT2D eigenvalue weighted by Gasteiger charge is 2.10. The van der Waals surface area contributed by atoms with Gasteiger partial charge in [-0.1, -0.05) is 6.07 Å². The number of pyridine rings is 1. The van der Waals surface area contributed by atoms with E-state index in [4.69, 9.17) is 10.2 Å². The number of rotatable bonds is 2. The van der Waals surface area contributed by atoms with E-state index >= 15 is 0 Å². The minimum Gasteiger partial charge on any atom is -0.439 e. The molecule has 5 nitrogen and oxygen atoms in total. The van der Waals surface area contributed by atoms with Crippen LogP contribution in [-0.4, -0.2) is 9.55 Å². The zero-order chi connectivity index (χ0) is 14.3. The average Bonchev–Trinajstić information content (AvgIpc) is 2.79. The summed E-state index contributed by atoms with van der Waals surface area (Å²) in [5, 5.41) is 0. The molecule has 1 aromatic carbocycles. The predicted octanol–water partition coefficient (Wildman–Crippen LogP) is 3.15. The van der Waals surface area contributed by atoms with E-state index in [-0.39, 0.29) is 12.1 Å². The number of nitrogens with two attached hydrogens (primary N) is 1. The van der Waals surface area contributed by atoms with Crippen molar-refractivity contribution >= 4 is 48.6 Å². The van der Waals surface area contributed by atoms with Crippen LogP contribution in [0.15, 0.2) is 48.6 Å². The van der Waals surface area contributed by atoms with Crippen molar-refractivity contribution in [2.24, 2.45) is 0 Å². The molecule has 0 saturated carbocycles. The fourth-order valence-corrected chi connectivity index (χ4v) is 3.17. The van der Waals surface area contributed by atoms with Gasteiger partial charge in [-0.05, 0) is 50.1 Å². The second-order valence-electron chi connectivity index (χ2n) is 4.24. The van der Waals surface area contributed by atoms with Gasteiger partial charge in [-0.25, -0.2) is 4.98 Å². The van der Waals surface area contributed by atoms with Crippen LogP contribution in [0, 0.1) is 0 Å². The number of hydrogen-bond donors (Lipinski definition) is 1. The number of oxazole rings is 1. The lowest BCUT2D eigenvalue weighted by Gasteiger charge is -2.03. The minimum atomic E-state index is -0.150. The molecule has 3 aromatic rings. The van der Waals surface area contributed by atoms with Crippen molar-refractivity contribution in [1.29, 1.82) is 0 Å². The van der Waals surface area contributed by atoms with Crippen molar-refractivity contribution < 1.29 is 4.42 Å². The SMILES string of the molecule is Nc1cccc2oc(Cn3cc(Br)cc(Br)c3=O)nc12. The summed E-state index contributed by atoms with van der Waals surface area (Å²) in [7, 11) is 0. The normalized spacial score (nSPS) is 11.1. The van der Waals surface area contributed by atoms with E-state index in [2.05, 4.69) is 36.8 Å². The van der Waals surface area contributed by atoms with E-state index in [9.17, 15) is 4.79 Å². The lowest BCUT2D eigenvalue weighted by Crippen LogP contribution is -2.20. The Morgan fingerprint density at radius 1 is 1.35 bits per heavy atom. The fraction of sp³-hybridized carbons (Fsp3) is 0.0769. The van der Waals surface area contributed by atoms with Crippen LogP contribution in [0.3, 0.4) is 0 Å². The third kappa shape index (κ3) is 2.38. The molecule has 0 bridgehead atoms. The zero-order valence-electron chi connectivity index (χ0n) is 10.1. The first kappa shape index (κ1) is 13.4. The number of para-hydroxylation sites is 1. The number of halogens is 2. The van der Waals surface area contributed by atoms with E-state index in [0.29, 0.717) is 27.2 Å². The standard InChI is InChI=1S/C13H9Br2N3O2/c14-7-4-8(15)13(19)18(5-7)6-11-17-12-9(16)2-1-3-10(12)20-11/h1-5H,6,16H2. The van der Waals surface area contributed by atoms with Crippen LogP contribution in [-0.2, 0) is 6.54 Å². The Balaban J connectivity index is 2.06. The average molecular weight is 399 g/mol. The Morgan fingerprint density at radius 3 is 2.90 bits per heavy atom. The van der Waals surface area contributed by atoms with Gasteiger partial charge < -0.3 is 14.7 Å². The summed E-state index contributed by atoms with van der Waals surface area (Å²) in [4.78, 5) is 16.3. The number of anilines is 1. The maximum Gasteiger partial charge on any atom is 0.265 e. The third-order valence-electron chi connectivity index (χ3n) is 2.81. The molecule has 0 aliphatic rings. The molecule has 0 spiro atoms. The quantitative estimate of drug-likeness (QED) is 0.673. The van der Waals surface area contributed by atoms with Gasteiger partial charge in [0.1, 0.15) is 12.1 Å². The molecule has 0 aliphatic heterocycles. The third-order valence-corrected chi connectivity index (χ3v) is 3.81. The highest BCUT2D eigenvalue weighted by molar-refractivity contribution is 9.11. The van der Waals surface area contributed by atoms with Crippen LogP contribution < -0.4 is 11.3 Å². The molecule has 0 atom stereocenters. The highest BCUT2D eigenvalue weighted by Crippen LogP contribution is 2.21. The summed E-state index contributed by atoms with van der Waals surface area (Å²) in [5.74, 6) is 0.435. The van der Waals surface area contributed by atoms with E-state index < -0.39 is 0 Å². The summed E-state index contributed by atoms with van der Waals surface area (Å²) < 4.78 is 8.38. The van der Waals surface area contributed by atoms with Gasteiger partial charge in [0.25, 0.3) is 5.56 Å². The second kappa shape index (κ2) is 5.06. The molecule has 2 N–H and O–H groups in total. The first-order valence-corrected chi connectivity index (χ1v) is 7.32. The van der Waals surface area contributed by atoms with Crippen LogP contribution in [0.4, 0.5) is 5.69 Å². The first-order chi connectivity index (χ1) is 9.54. The Kier molecular flexibility index (Phi) is 3.39. The molecule has 2 heterocycles. The molecule has 0 amide bonds. The predicted molar refractivity (Wildman–Crippen MR) is 83.6 cm³/mol. The van der Waals surface area contributed by atoms with Gasteiger partial charge in [-0.2, -0.15) is 0 Å². The van der Waals surface area contributed by atoms with Crippen molar-refractivity contribution in [3.05, 3.63) is 55.7 Å². The number of hydrogen-bond acceptors (Lipinski definition) is 4. The van der Waals surface area contributed by atoms with E-state index in [1.54, 1.807) is 30.5 Å². The molecule has 0 unspecified atom stereocenters. The lowest BCUT2D eigenvalue weighted by molar-refractivity contribution is 0.503. The topological polar surface area (TPSA) is 74.0 Å². The molecular weight excluding hydrogens is 390 g/mol. The van der Waals surface area contributed by atoms with Gasteiger partial charge in [0.2, 0.25) is 5.89 Å². The molecule has 20 heavy (non-hydrogen) atoms. The fourth-order valence-electron chi connectivity index (χ4n) is 1.91. The van der Waals surface area contributed by atoms with Crippen LogP contribution in [0.2, 0.25) is 0 Å². The van der Waals surface area contributed by atoms with Crippen molar-refractivity contribution in [3.8, 4) is 0 Å². The number of nitrogens with zero attached hydrogens (tertiary/aromatic N) is 2. The molecule has 3 rings (SSSR count). The maximum absolute atomic E-state index is 12.0. The summed E-state index contributed by atoms with van der Waals surface area (Å²) in [6.45, 7) is 0.241. The van der Waals surface area contributed by atoms with E-state index in [0.717, 1.165) is 4.47 Å². The van der Waals surface area contributed by atoms with Gasteiger partial charge in [-0.3, -0.25) is 4.79 Å². The highest BCUT2D eigenvalue weighted by atomic mass is 79.9. The smallest absolute Gasteiger partial charge is 0.265 e. The van der Waals surface area contributed by atoms with Gasteiger partial charge in [0, 0.05) is 10.7 Å². The van der Waals surface area contributed by atoms with Gasteiger partial charge in [-0.15, -0.1) is 0 Å². The Labute approximate surface area is 130 Å². The largest absolute Gasteiger partial charge is 0.439 e. The summed E-state index contributed by atoms with van der Waals surface area (Å²) in [5.41, 5.74) is 7.47. The van der Waals surface area contributed by atoms with Gasteiger partial charge >= 0.3 is 0 Å². The zero-order valence-corrected chi connectivity index (χ0v) is 13.3. The van der Waals surface area contributed by atoms with Gasteiger partial charge in [0.15, 0.2) is 5.58 Å². The van der Waals surface area contributed by atoms with Crippen LogP contribution >= 0.6 is 31.9 Å². The monoisotopic (exact) mass is 397 g/mol.